The Labute approximate surface area is 214 Å². The lowest BCUT2D eigenvalue weighted by Crippen LogP contribution is -2.42. The molecule has 7 nitrogen and oxygen atoms in total. The fourth-order valence-electron chi connectivity index (χ4n) is 6.09. The van der Waals surface area contributed by atoms with Crippen molar-refractivity contribution in [2.24, 2.45) is 11.8 Å². The average molecular weight is 513 g/mol. The maximum absolute atomic E-state index is 15.4. The molecule has 4 atom stereocenters. The summed E-state index contributed by atoms with van der Waals surface area (Å²) in [7, 11) is 0. The first kappa shape index (κ1) is 24.0. The van der Waals surface area contributed by atoms with Gasteiger partial charge < -0.3 is 20.3 Å². The van der Waals surface area contributed by atoms with Gasteiger partial charge in [0.05, 0.1) is 41.3 Å². The largest absolute Gasteiger partial charge is 0.389 e. The van der Waals surface area contributed by atoms with Crippen LogP contribution in [0.4, 0.5) is 10.3 Å². The SMILES string of the molecule is CC(C)c1c(C2(O)CC3CC3C2)cnc2c(F)cc(-c3nc(N[C@@H]4CCOC[C@H]4O)ncc3Cl)cc12. The minimum absolute atomic E-state index is 0.0502. The Balaban J connectivity index is 1.44. The standard InChI is InChI=1S/C27H30ClFN4O3/c1-13(2)23-17-6-14(24-19(28)11-31-26(33-24)32-21-3-4-36-12-22(21)34)7-20(29)25(17)30-10-18(23)27(35)8-15-5-16(15)9-27/h6-7,10-11,13,15-16,21-22,34-35H,3-5,8-9,12H2,1-2H3,(H,31,32,33)/t15?,16?,21-,22-,27?/m1/s1. The minimum Gasteiger partial charge on any atom is -0.389 e. The van der Waals surface area contributed by atoms with Crippen LogP contribution >= 0.6 is 11.6 Å². The van der Waals surface area contributed by atoms with E-state index in [1.165, 1.54) is 18.7 Å². The summed E-state index contributed by atoms with van der Waals surface area (Å²) in [6.45, 7) is 4.89. The molecular weight excluding hydrogens is 483 g/mol. The molecule has 190 valence electrons. The topological polar surface area (TPSA) is 100 Å². The highest BCUT2D eigenvalue weighted by molar-refractivity contribution is 6.33. The van der Waals surface area contributed by atoms with E-state index in [-0.39, 0.29) is 29.1 Å². The predicted molar refractivity (Wildman–Crippen MR) is 135 cm³/mol. The number of rotatable bonds is 5. The van der Waals surface area contributed by atoms with Crippen LogP contribution in [0.3, 0.4) is 0 Å². The summed E-state index contributed by atoms with van der Waals surface area (Å²) in [5.74, 6) is 1.04. The van der Waals surface area contributed by atoms with Gasteiger partial charge in [-0.2, -0.15) is 0 Å². The van der Waals surface area contributed by atoms with Crippen LogP contribution in [0.25, 0.3) is 22.2 Å². The van der Waals surface area contributed by atoms with Gasteiger partial charge in [-0.3, -0.25) is 4.98 Å². The summed E-state index contributed by atoms with van der Waals surface area (Å²) < 4.78 is 20.7. The molecule has 2 aromatic heterocycles. The monoisotopic (exact) mass is 512 g/mol. The lowest BCUT2D eigenvalue weighted by molar-refractivity contribution is -0.0136. The number of aliphatic hydroxyl groups is 2. The van der Waals surface area contributed by atoms with E-state index in [2.05, 4.69) is 34.1 Å². The lowest BCUT2D eigenvalue weighted by atomic mass is 9.81. The Morgan fingerprint density at radius 2 is 1.97 bits per heavy atom. The van der Waals surface area contributed by atoms with Crippen LogP contribution in [-0.2, 0) is 10.3 Å². The molecule has 3 aromatic rings. The van der Waals surface area contributed by atoms with E-state index in [0.717, 1.165) is 24.0 Å². The van der Waals surface area contributed by atoms with Gasteiger partial charge in [0.25, 0.3) is 0 Å². The van der Waals surface area contributed by atoms with Gasteiger partial charge in [0.2, 0.25) is 5.95 Å². The molecule has 0 radical (unpaired) electrons. The Morgan fingerprint density at radius 3 is 2.69 bits per heavy atom. The third kappa shape index (κ3) is 4.14. The van der Waals surface area contributed by atoms with E-state index in [1.54, 1.807) is 6.20 Å². The quantitative estimate of drug-likeness (QED) is 0.452. The number of halogens is 2. The first-order valence-corrected chi connectivity index (χ1v) is 13.0. The normalized spacial score (nSPS) is 29.5. The summed E-state index contributed by atoms with van der Waals surface area (Å²) in [6, 6.07) is 3.00. The zero-order valence-corrected chi connectivity index (χ0v) is 21.1. The van der Waals surface area contributed by atoms with Crippen molar-refractivity contribution in [3.8, 4) is 11.3 Å². The van der Waals surface area contributed by atoms with Gasteiger partial charge in [0, 0.05) is 29.3 Å². The Hall–Kier alpha value is -2.39. The van der Waals surface area contributed by atoms with E-state index in [1.807, 2.05) is 6.07 Å². The molecule has 3 heterocycles. The molecule has 3 aliphatic rings. The van der Waals surface area contributed by atoms with Crippen LogP contribution in [0.2, 0.25) is 5.02 Å². The van der Waals surface area contributed by atoms with E-state index >= 15 is 4.39 Å². The Morgan fingerprint density at radius 1 is 1.19 bits per heavy atom. The highest BCUT2D eigenvalue weighted by atomic mass is 35.5. The fraction of sp³-hybridized carbons (Fsp3) is 0.519. The van der Waals surface area contributed by atoms with E-state index in [9.17, 15) is 10.2 Å². The number of anilines is 1. The molecular formula is C27H30ClFN4O3. The molecule has 0 spiro atoms. The summed E-state index contributed by atoms with van der Waals surface area (Å²) in [5, 5.41) is 25.9. The van der Waals surface area contributed by atoms with Crippen LogP contribution < -0.4 is 5.32 Å². The van der Waals surface area contributed by atoms with Crippen LogP contribution in [0.5, 0.6) is 0 Å². The summed E-state index contributed by atoms with van der Waals surface area (Å²) in [5.41, 5.74) is 1.96. The molecule has 6 rings (SSSR count). The first-order chi connectivity index (χ1) is 17.2. The number of nitrogens with zero attached hydrogens (tertiary/aromatic N) is 3. The van der Waals surface area contributed by atoms with Gasteiger partial charge in [-0.1, -0.05) is 25.4 Å². The molecule has 9 heteroatoms. The number of pyridine rings is 1. The maximum Gasteiger partial charge on any atom is 0.223 e. The molecule has 0 amide bonds. The molecule has 0 bridgehead atoms. The van der Waals surface area contributed by atoms with Crippen LogP contribution in [-0.4, -0.2) is 50.5 Å². The van der Waals surface area contributed by atoms with Gasteiger partial charge in [0.1, 0.15) is 11.3 Å². The van der Waals surface area contributed by atoms with Crippen molar-refractivity contribution in [3.05, 3.63) is 46.5 Å². The number of hydrogen-bond acceptors (Lipinski definition) is 7. The average Bonchev–Trinajstić information content (AvgIpc) is 3.47. The molecule has 1 aliphatic heterocycles. The molecule has 2 aliphatic carbocycles. The molecule has 2 saturated carbocycles. The Bertz CT molecular complexity index is 1330. The third-order valence-corrected chi connectivity index (χ3v) is 8.25. The second-order valence-corrected chi connectivity index (χ2v) is 11.3. The molecule has 1 saturated heterocycles. The van der Waals surface area contributed by atoms with Gasteiger partial charge in [0.15, 0.2) is 0 Å². The highest BCUT2D eigenvalue weighted by Crippen LogP contribution is 2.60. The van der Waals surface area contributed by atoms with Crippen molar-refractivity contribution < 1.29 is 19.3 Å². The van der Waals surface area contributed by atoms with Gasteiger partial charge in [-0.25, -0.2) is 14.4 Å². The van der Waals surface area contributed by atoms with Crippen molar-refractivity contribution >= 4 is 28.5 Å². The van der Waals surface area contributed by atoms with E-state index in [4.69, 9.17) is 16.3 Å². The molecule has 2 unspecified atom stereocenters. The zero-order chi connectivity index (χ0) is 25.2. The molecule has 1 aromatic carbocycles. The van der Waals surface area contributed by atoms with E-state index in [0.29, 0.717) is 47.5 Å². The van der Waals surface area contributed by atoms with Crippen LogP contribution in [0, 0.1) is 17.7 Å². The van der Waals surface area contributed by atoms with Gasteiger partial charge >= 0.3 is 0 Å². The molecule has 3 N–H and O–H groups in total. The van der Waals surface area contributed by atoms with Crippen molar-refractivity contribution in [1.29, 1.82) is 0 Å². The number of aliphatic hydroxyl groups excluding tert-OH is 1. The van der Waals surface area contributed by atoms with Crippen molar-refractivity contribution in [1.82, 2.24) is 15.0 Å². The second kappa shape index (κ2) is 8.87. The van der Waals surface area contributed by atoms with E-state index < -0.39 is 17.5 Å². The first-order valence-electron chi connectivity index (χ1n) is 12.6. The second-order valence-electron chi connectivity index (χ2n) is 10.9. The maximum atomic E-state index is 15.4. The number of hydrogen-bond donors (Lipinski definition) is 3. The molecule has 3 fully saturated rings. The van der Waals surface area contributed by atoms with Gasteiger partial charge in [-0.05, 0) is 61.1 Å². The predicted octanol–water partition coefficient (Wildman–Crippen LogP) is 4.79. The number of benzene rings is 1. The smallest absolute Gasteiger partial charge is 0.223 e. The van der Waals surface area contributed by atoms with Crippen molar-refractivity contribution in [2.45, 2.75) is 63.2 Å². The highest BCUT2D eigenvalue weighted by Gasteiger charge is 2.54. The summed E-state index contributed by atoms with van der Waals surface area (Å²) in [6.07, 6.45) is 5.74. The van der Waals surface area contributed by atoms with Gasteiger partial charge in [-0.15, -0.1) is 0 Å². The zero-order valence-electron chi connectivity index (χ0n) is 20.3. The Kier molecular flexibility index (Phi) is 5.91. The number of nitrogens with one attached hydrogen (secondary N) is 1. The minimum atomic E-state index is -0.922. The number of ether oxygens (including phenoxy) is 1. The summed E-state index contributed by atoms with van der Waals surface area (Å²) >= 11 is 6.49. The molecule has 36 heavy (non-hydrogen) atoms. The van der Waals surface area contributed by atoms with Crippen LogP contribution in [0.15, 0.2) is 24.5 Å². The third-order valence-electron chi connectivity index (χ3n) is 7.97. The number of fused-ring (bicyclic) bond motifs is 2. The fourth-order valence-corrected chi connectivity index (χ4v) is 6.29. The number of aromatic nitrogens is 3. The van der Waals surface area contributed by atoms with Crippen molar-refractivity contribution in [2.75, 3.05) is 18.5 Å². The lowest BCUT2D eigenvalue weighted by Gasteiger charge is -2.29. The van der Waals surface area contributed by atoms with Crippen LogP contribution in [0.1, 0.15) is 56.6 Å². The summed E-state index contributed by atoms with van der Waals surface area (Å²) in [4.78, 5) is 13.3. The van der Waals surface area contributed by atoms with Crippen molar-refractivity contribution in [3.63, 3.8) is 0 Å².